The summed E-state index contributed by atoms with van der Waals surface area (Å²) < 4.78 is 0. The first kappa shape index (κ1) is 10.7. The van der Waals surface area contributed by atoms with Crippen molar-refractivity contribution in [1.29, 1.82) is 0 Å². The van der Waals surface area contributed by atoms with Gasteiger partial charge in [-0.3, -0.25) is 4.79 Å². The minimum atomic E-state index is -0.0239. The molecule has 0 fully saturated rings. The van der Waals surface area contributed by atoms with Gasteiger partial charge in [-0.15, -0.1) is 11.3 Å². The van der Waals surface area contributed by atoms with Crippen LogP contribution in [0.4, 0.5) is 0 Å². The number of aryl methyl sites for hydroxylation is 1. The molecule has 0 bridgehead atoms. The van der Waals surface area contributed by atoms with Crippen molar-refractivity contribution in [3.05, 3.63) is 21.9 Å². The van der Waals surface area contributed by atoms with Gasteiger partial charge in [0.2, 0.25) is 0 Å². The van der Waals surface area contributed by atoms with Gasteiger partial charge in [0, 0.05) is 16.8 Å². The van der Waals surface area contributed by atoms with E-state index in [-0.39, 0.29) is 5.91 Å². The van der Waals surface area contributed by atoms with Crippen molar-refractivity contribution in [2.75, 3.05) is 12.8 Å². The Morgan fingerprint density at radius 1 is 1.53 bits per heavy atom. The maximum atomic E-state index is 11.0. The van der Waals surface area contributed by atoms with E-state index in [0.29, 0.717) is 5.75 Å². The molecule has 1 amide bonds. The topological polar surface area (TPSA) is 32.7 Å². The number of nitrogens with zero attached hydrogens (tertiary/aromatic N) is 2. The second-order valence-corrected chi connectivity index (χ2v) is 5.76. The number of rotatable bonds is 2. The van der Waals surface area contributed by atoms with Crippen LogP contribution in [0.2, 0.25) is 0 Å². The fraction of sp³-hybridized carbons (Fsp3) is 0.400. The summed E-state index contributed by atoms with van der Waals surface area (Å²) in [4.78, 5) is 19.6. The van der Waals surface area contributed by atoms with Gasteiger partial charge in [-0.2, -0.15) is 4.99 Å². The van der Waals surface area contributed by atoms with Crippen molar-refractivity contribution in [1.82, 2.24) is 4.90 Å². The maximum absolute atomic E-state index is 11.0. The van der Waals surface area contributed by atoms with Crippen LogP contribution in [0.1, 0.15) is 9.75 Å². The van der Waals surface area contributed by atoms with Crippen LogP contribution in [0.5, 0.6) is 0 Å². The van der Waals surface area contributed by atoms with Crippen LogP contribution in [0.15, 0.2) is 17.1 Å². The Balaban J connectivity index is 2.01. The summed E-state index contributed by atoms with van der Waals surface area (Å²) in [7, 11) is 1.97. The summed E-state index contributed by atoms with van der Waals surface area (Å²) >= 11 is 3.30. The van der Waals surface area contributed by atoms with E-state index >= 15 is 0 Å². The fourth-order valence-electron chi connectivity index (χ4n) is 1.36. The summed E-state index contributed by atoms with van der Waals surface area (Å²) in [6, 6.07) is 4.24. The Labute approximate surface area is 97.2 Å². The molecule has 1 aromatic heterocycles. The lowest BCUT2D eigenvalue weighted by Gasteiger charge is -2.16. The number of amides is 1. The summed E-state index contributed by atoms with van der Waals surface area (Å²) in [5.41, 5.74) is 0. The summed E-state index contributed by atoms with van der Waals surface area (Å²) in [5, 5.41) is 0.839. The molecule has 0 spiro atoms. The van der Waals surface area contributed by atoms with Crippen molar-refractivity contribution in [2.24, 2.45) is 4.99 Å². The minimum absolute atomic E-state index is 0.0239. The second-order valence-electron chi connectivity index (χ2n) is 3.45. The number of thiophene rings is 1. The molecule has 2 rings (SSSR count). The molecule has 0 unspecified atom stereocenters. The van der Waals surface area contributed by atoms with Gasteiger partial charge < -0.3 is 4.90 Å². The van der Waals surface area contributed by atoms with Crippen LogP contribution in [0.25, 0.3) is 0 Å². The highest BCUT2D eigenvalue weighted by Crippen LogP contribution is 2.21. The quantitative estimate of drug-likeness (QED) is 0.794. The van der Waals surface area contributed by atoms with Crippen LogP contribution in [-0.4, -0.2) is 28.8 Å². The Morgan fingerprint density at radius 2 is 2.33 bits per heavy atom. The molecule has 0 N–H and O–H groups in total. The van der Waals surface area contributed by atoms with Gasteiger partial charge in [0.05, 0.1) is 12.3 Å². The zero-order chi connectivity index (χ0) is 10.8. The predicted molar refractivity (Wildman–Crippen MR) is 65.4 cm³/mol. The fourth-order valence-corrected chi connectivity index (χ4v) is 3.08. The molecule has 0 atom stereocenters. The number of hydrogen-bond donors (Lipinski definition) is 0. The Morgan fingerprint density at radius 3 is 2.87 bits per heavy atom. The molecule has 5 heteroatoms. The third-order valence-corrected chi connectivity index (χ3v) is 4.10. The molecule has 0 radical (unpaired) electrons. The van der Waals surface area contributed by atoms with Crippen LogP contribution in [0.3, 0.4) is 0 Å². The number of hydrogen-bond acceptors (Lipinski definition) is 4. The van der Waals surface area contributed by atoms with E-state index in [9.17, 15) is 4.79 Å². The Bertz CT molecular complexity index is 411. The molecule has 0 saturated heterocycles. The second kappa shape index (κ2) is 4.37. The van der Waals surface area contributed by atoms with Crippen molar-refractivity contribution in [3.8, 4) is 0 Å². The SMILES string of the molecule is Cc1ccc(CN(C)C2=NC(=O)CS2)s1. The number of amidine groups is 1. The average Bonchev–Trinajstić information content (AvgIpc) is 2.75. The molecule has 3 nitrogen and oxygen atoms in total. The molecule has 80 valence electrons. The maximum Gasteiger partial charge on any atom is 0.258 e. The van der Waals surface area contributed by atoms with E-state index < -0.39 is 0 Å². The van der Waals surface area contributed by atoms with Gasteiger partial charge in [-0.05, 0) is 19.1 Å². The van der Waals surface area contributed by atoms with Gasteiger partial charge in [-0.1, -0.05) is 11.8 Å². The lowest BCUT2D eigenvalue weighted by atomic mass is 10.4. The third kappa shape index (κ3) is 2.60. The van der Waals surface area contributed by atoms with Crippen LogP contribution < -0.4 is 0 Å². The van der Waals surface area contributed by atoms with Gasteiger partial charge in [0.25, 0.3) is 5.91 Å². The molecular formula is C10H12N2OS2. The highest BCUT2D eigenvalue weighted by Gasteiger charge is 2.18. The van der Waals surface area contributed by atoms with E-state index in [0.717, 1.165) is 11.7 Å². The first-order valence-electron chi connectivity index (χ1n) is 4.66. The minimum Gasteiger partial charge on any atom is -0.349 e. The summed E-state index contributed by atoms with van der Waals surface area (Å²) in [6.45, 7) is 2.93. The molecular weight excluding hydrogens is 228 g/mol. The highest BCUT2D eigenvalue weighted by molar-refractivity contribution is 8.14. The van der Waals surface area contributed by atoms with E-state index in [2.05, 4.69) is 24.0 Å². The monoisotopic (exact) mass is 240 g/mol. The third-order valence-electron chi connectivity index (χ3n) is 2.06. The molecule has 0 aromatic carbocycles. The van der Waals surface area contributed by atoms with Gasteiger partial charge in [0.15, 0.2) is 5.17 Å². The molecule has 1 aliphatic rings. The summed E-state index contributed by atoms with van der Waals surface area (Å²) in [6.07, 6.45) is 0. The molecule has 0 aliphatic carbocycles. The highest BCUT2D eigenvalue weighted by atomic mass is 32.2. The standard InChI is InChI=1S/C10H12N2OS2/c1-7-3-4-8(15-7)5-12(2)10-11-9(13)6-14-10/h3-4H,5-6H2,1-2H3. The number of carbonyl (C=O) groups is 1. The molecule has 15 heavy (non-hydrogen) atoms. The molecule has 0 saturated carbocycles. The molecule has 1 aliphatic heterocycles. The lowest BCUT2D eigenvalue weighted by Crippen LogP contribution is -2.21. The number of thioether (sulfide) groups is 1. The predicted octanol–water partition coefficient (Wildman–Crippen LogP) is 2.12. The van der Waals surface area contributed by atoms with E-state index in [1.807, 2.05) is 11.9 Å². The van der Waals surface area contributed by atoms with E-state index in [1.54, 1.807) is 11.3 Å². The lowest BCUT2D eigenvalue weighted by molar-refractivity contribution is -0.115. The van der Waals surface area contributed by atoms with Crippen molar-refractivity contribution in [2.45, 2.75) is 13.5 Å². The zero-order valence-electron chi connectivity index (χ0n) is 8.69. The smallest absolute Gasteiger partial charge is 0.258 e. The first-order valence-corrected chi connectivity index (χ1v) is 6.46. The van der Waals surface area contributed by atoms with E-state index in [4.69, 9.17) is 0 Å². The average molecular weight is 240 g/mol. The summed E-state index contributed by atoms with van der Waals surface area (Å²) in [5.74, 6) is 0.465. The van der Waals surface area contributed by atoms with Crippen molar-refractivity contribution < 1.29 is 4.79 Å². The van der Waals surface area contributed by atoms with E-state index in [1.165, 1.54) is 21.5 Å². The number of carbonyl (C=O) groups excluding carboxylic acids is 1. The van der Waals surface area contributed by atoms with Crippen LogP contribution in [0, 0.1) is 6.92 Å². The van der Waals surface area contributed by atoms with Crippen LogP contribution in [-0.2, 0) is 11.3 Å². The number of aliphatic imine (C=N–C) groups is 1. The molecule has 2 heterocycles. The Hall–Kier alpha value is -0.810. The van der Waals surface area contributed by atoms with Gasteiger partial charge in [-0.25, -0.2) is 0 Å². The zero-order valence-corrected chi connectivity index (χ0v) is 10.3. The largest absolute Gasteiger partial charge is 0.349 e. The van der Waals surface area contributed by atoms with Crippen molar-refractivity contribution >= 4 is 34.2 Å². The van der Waals surface area contributed by atoms with Crippen molar-refractivity contribution in [3.63, 3.8) is 0 Å². The van der Waals surface area contributed by atoms with Gasteiger partial charge in [0.1, 0.15) is 0 Å². The van der Waals surface area contributed by atoms with Gasteiger partial charge >= 0.3 is 0 Å². The normalized spacial score (nSPS) is 15.6. The Kier molecular flexibility index (Phi) is 3.11. The van der Waals surface area contributed by atoms with Crippen LogP contribution >= 0.6 is 23.1 Å². The first-order chi connectivity index (χ1) is 7.15. The molecule has 1 aromatic rings.